The smallest absolute Gasteiger partial charge is 0.340 e. The van der Waals surface area contributed by atoms with Crippen LogP contribution in [-0.2, 0) is 16.6 Å². The van der Waals surface area contributed by atoms with Crippen LogP contribution in [0.2, 0.25) is 0 Å². The molecule has 0 saturated carbocycles. The predicted octanol–water partition coefficient (Wildman–Crippen LogP) is 1.77. The summed E-state index contributed by atoms with van der Waals surface area (Å²) < 4.78 is 26.6. The molecule has 0 saturated heterocycles. The quantitative estimate of drug-likeness (QED) is 0.840. The molecule has 0 aliphatic carbocycles. The summed E-state index contributed by atoms with van der Waals surface area (Å²) in [6.07, 6.45) is 0.999. The average Bonchev–Trinajstić information content (AvgIpc) is 3.06. The van der Waals surface area contributed by atoms with Gasteiger partial charge in [-0.05, 0) is 25.3 Å². The Morgan fingerprint density at radius 3 is 2.76 bits per heavy atom. The van der Waals surface area contributed by atoms with Crippen LogP contribution in [0.3, 0.4) is 0 Å². The van der Waals surface area contributed by atoms with Gasteiger partial charge >= 0.3 is 5.97 Å². The van der Waals surface area contributed by atoms with Gasteiger partial charge in [-0.1, -0.05) is 6.07 Å². The Morgan fingerprint density at radius 2 is 2.24 bits per heavy atom. The molecule has 0 aromatic carbocycles. The van der Waals surface area contributed by atoms with Gasteiger partial charge < -0.3 is 5.11 Å². The van der Waals surface area contributed by atoms with Crippen LogP contribution in [0.1, 0.15) is 29.1 Å². The molecule has 7 nitrogen and oxygen atoms in total. The number of carbonyl (C=O) groups is 1. The molecule has 2 rings (SSSR count). The molecule has 21 heavy (non-hydrogen) atoms. The number of H-pyrrole nitrogens is 1. The number of hydrogen-bond donors (Lipinski definition) is 2. The maximum atomic E-state index is 12.7. The summed E-state index contributed by atoms with van der Waals surface area (Å²) in [5.74, 6) is -1.33. The second kappa shape index (κ2) is 5.96. The summed E-state index contributed by atoms with van der Waals surface area (Å²) in [5.41, 5.74) is -0.355. The van der Waals surface area contributed by atoms with Crippen LogP contribution in [0.15, 0.2) is 28.7 Å². The van der Waals surface area contributed by atoms with Crippen molar-refractivity contribution in [2.75, 3.05) is 0 Å². The first-order valence-electron chi connectivity index (χ1n) is 6.15. The van der Waals surface area contributed by atoms with Gasteiger partial charge in [0.2, 0.25) is 0 Å². The molecule has 2 aromatic heterocycles. The summed E-state index contributed by atoms with van der Waals surface area (Å²) in [4.78, 5) is 12.0. The van der Waals surface area contributed by atoms with Crippen LogP contribution in [0, 0.1) is 0 Å². The van der Waals surface area contributed by atoms with Crippen molar-refractivity contribution in [3.05, 3.63) is 34.2 Å². The van der Waals surface area contributed by atoms with E-state index in [2.05, 4.69) is 10.2 Å². The minimum atomic E-state index is -3.97. The summed E-state index contributed by atoms with van der Waals surface area (Å²) in [6.45, 7) is 3.67. The molecule has 0 radical (unpaired) electrons. The maximum absolute atomic E-state index is 12.7. The summed E-state index contributed by atoms with van der Waals surface area (Å²) in [5, 5.41) is 16.4. The fraction of sp³-hybridized carbons (Fsp3) is 0.333. The highest BCUT2D eigenvalue weighted by molar-refractivity contribution is 7.89. The van der Waals surface area contributed by atoms with Crippen molar-refractivity contribution >= 4 is 27.3 Å². The summed E-state index contributed by atoms with van der Waals surface area (Å²) in [6, 6.07) is 3.35. The van der Waals surface area contributed by atoms with E-state index in [1.54, 1.807) is 13.8 Å². The van der Waals surface area contributed by atoms with Crippen molar-refractivity contribution < 1.29 is 18.3 Å². The van der Waals surface area contributed by atoms with Gasteiger partial charge in [-0.15, -0.1) is 11.3 Å². The Kier molecular flexibility index (Phi) is 4.45. The predicted molar refractivity (Wildman–Crippen MR) is 77.7 cm³/mol. The first kappa shape index (κ1) is 15.7. The van der Waals surface area contributed by atoms with Crippen LogP contribution >= 0.6 is 11.3 Å². The highest BCUT2D eigenvalue weighted by Gasteiger charge is 2.33. The van der Waals surface area contributed by atoms with Gasteiger partial charge in [-0.2, -0.15) is 9.40 Å². The molecule has 9 heteroatoms. The van der Waals surface area contributed by atoms with E-state index >= 15 is 0 Å². The topological polar surface area (TPSA) is 103 Å². The van der Waals surface area contributed by atoms with E-state index < -0.39 is 16.0 Å². The molecule has 0 fully saturated rings. The van der Waals surface area contributed by atoms with Gasteiger partial charge in [-0.3, -0.25) is 5.10 Å². The van der Waals surface area contributed by atoms with Gasteiger partial charge in [0.1, 0.15) is 5.56 Å². The first-order valence-corrected chi connectivity index (χ1v) is 8.47. The third kappa shape index (κ3) is 3.14. The maximum Gasteiger partial charge on any atom is 0.340 e. The second-order valence-electron chi connectivity index (χ2n) is 4.64. The number of nitrogens with zero attached hydrogens (tertiary/aromatic N) is 2. The van der Waals surface area contributed by atoms with E-state index in [0.717, 1.165) is 11.1 Å². The van der Waals surface area contributed by atoms with Crippen molar-refractivity contribution in [3.8, 4) is 0 Å². The van der Waals surface area contributed by atoms with E-state index in [9.17, 15) is 13.2 Å². The molecule has 0 unspecified atom stereocenters. The Bertz CT molecular complexity index is 720. The molecular formula is C12H15N3O4S2. The third-order valence-electron chi connectivity index (χ3n) is 2.87. The highest BCUT2D eigenvalue weighted by atomic mass is 32.2. The fourth-order valence-electron chi connectivity index (χ4n) is 1.84. The normalized spacial score (nSPS) is 12.2. The number of hydrogen-bond acceptors (Lipinski definition) is 5. The molecule has 0 aliphatic heterocycles. The standard InChI is InChI=1S/C12H15N3O4S2/c1-8(2)15(7-9-4-3-5-20-9)21(18,19)11-10(12(16)17)6-13-14-11/h3-6,8H,7H2,1-2H3,(H,13,14)(H,16,17). The zero-order chi connectivity index (χ0) is 15.6. The highest BCUT2D eigenvalue weighted by Crippen LogP contribution is 2.23. The van der Waals surface area contributed by atoms with Gasteiger partial charge in [0.15, 0.2) is 5.03 Å². The second-order valence-corrected chi connectivity index (χ2v) is 7.50. The zero-order valence-corrected chi connectivity index (χ0v) is 13.1. The van der Waals surface area contributed by atoms with E-state index in [1.807, 2.05) is 17.5 Å². The van der Waals surface area contributed by atoms with Crippen LogP contribution in [0.25, 0.3) is 0 Å². The molecule has 0 atom stereocenters. The van der Waals surface area contributed by atoms with E-state index in [4.69, 9.17) is 5.11 Å². The number of rotatable bonds is 6. The molecule has 2 N–H and O–H groups in total. The van der Waals surface area contributed by atoms with E-state index in [1.165, 1.54) is 15.6 Å². The van der Waals surface area contributed by atoms with E-state index in [-0.39, 0.29) is 23.2 Å². The van der Waals surface area contributed by atoms with Crippen molar-refractivity contribution in [1.29, 1.82) is 0 Å². The zero-order valence-electron chi connectivity index (χ0n) is 11.5. The monoisotopic (exact) mass is 329 g/mol. The van der Waals surface area contributed by atoms with Gasteiger partial charge in [0.25, 0.3) is 10.0 Å². The number of carboxylic acids is 1. The minimum absolute atomic E-state index is 0.190. The molecular weight excluding hydrogens is 314 g/mol. The van der Waals surface area contributed by atoms with Gasteiger partial charge in [0.05, 0.1) is 6.20 Å². The lowest BCUT2D eigenvalue weighted by atomic mass is 10.4. The van der Waals surface area contributed by atoms with E-state index in [0.29, 0.717) is 0 Å². The van der Waals surface area contributed by atoms with Crippen LogP contribution in [0.4, 0.5) is 0 Å². The lowest BCUT2D eigenvalue weighted by Crippen LogP contribution is -2.37. The van der Waals surface area contributed by atoms with Crippen LogP contribution < -0.4 is 0 Å². The van der Waals surface area contributed by atoms with Crippen molar-refractivity contribution in [1.82, 2.24) is 14.5 Å². The number of aromatic amines is 1. The average molecular weight is 329 g/mol. The summed E-state index contributed by atoms with van der Waals surface area (Å²) >= 11 is 1.44. The fourth-order valence-corrected chi connectivity index (χ4v) is 4.31. The Labute approximate surface area is 126 Å². The third-order valence-corrected chi connectivity index (χ3v) is 5.73. The summed E-state index contributed by atoms with van der Waals surface area (Å²) in [7, 11) is -3.97. The molecule has 0 bridgehead atoms. The Hall–Kier alpha value is -1.71. The lowest BCUT2D eigenvalue weighted by Gasteiger charge is -2.24. The van der Waals surface area contributed by atoms with Crippen LogP contribution in [-0.4, -0.2) is 40.0 Å². The molecule has 2 aromatic rings. The molecule has 114 valence electrons. The molecule has 0 spiro atoms. The number of carboxylic acid groups (broad SMARTS) is 1. The Balaban J connectivity index is 2.43. The first-order chi connectivity index (χ1) is 9.84. The van der Waals surface area contributed by atoms with Crippen molar-refractivity contribution in [3.63, 3.8) is 0 Å². The molecule has 0 amide bonds. The number of nitrogens with one attached hydrogen (secondary N) is 1. The number of sulfonamides is 1. The Morgan fingerprint density at radius 1 is 1.52 bits per heavy atom. The van der Waals surface area contributed by atoms with Crippen molar-refractivity contribution in [2.24, 2.45) is 0 Å². The number of thiophene rings is 1. The number of aromatic carboxylic acids is 1. The number of aromatic nitrogens is 2. The van der Waals surface area contributed by atoms with Gasteiger partial charge in [0, 0.05) is 17.5 Å². The minimum Gasteiger partial charge on any atom is -0.478 e. The van der Waals surface area contributed by atoms with Gasteiger partial charge in [-0.25, -0.2) is 13.2 Å². The van der Waals surface area contributed by atoms with Crippen molar-refractivity contribution in [2.45, 2.75) is 31.5 Å². The molecule has 2 heterocycles. The van der Waals surface area contributed by atoms with Crippen LogP contribution in [0.5, 0.6) is 0 Å². The SMILES string of the molecule is CC(C)N(Cc1cccs1)S(=O)(=O)c1[nH]ncc1C(=O)O. The largest absolute Gasteiger partial charge is 0.478 e. The lowest BCUT2D eigenvalue weighted by molar-refractivity contribution is 0.0692. The molecule has 0 aliphatic rings.